The fourth-order valence-corrected chi connectivity index (χ4v) is 18.9. The summed E-state index contributed by atoms with van der Waals surface area (Å²) in [5, 5.41) is 93.8. The van der Waals surface area contributed by atoms with Gasteiger partial charge in [-0.15, -0.1) is 11.6 Å². The Morgan fingerprint density at radius 3 is 0.937 bits per heavy atom. The van der Waals surface area contributed by atoms with Crippen LogP contribution in [-0.2, 0) is 124 Å². The van der Waals surface area contributed by atoms with E-state index in [9.17, 15) is 101 Å². The number of ether oxygens (including phenoxy) is 8. The van der Waals surface area contributed by atoms with Gasteiger partial charge < -0.3 is 142 Å². The van der Waals surface area contributed by atoms with Crippen molar-refractivity contribution < 1.29 is 252 Å². The summed E-state index contributed by atoms with van der Waals surface area (Å²) >= 11 is 10.9. The van der Waals surface area contributed by atoms with E-state index in [4.69, 9.17) is 142 Å². The number of aliphatic hydroxyl groups excluding tert-OH is 10. The molecule has 7 aliphatic heterocycles. The van der Waals surface area contributed by atoms with E-state index in [0.717, 1.165) is 6.66 Å². The van der Waals surface area contributed by atoms with Gasteiger partial charge in [-0.1, -0.05) is 15.9 Å². The van der Waals surface area contributed by atoms with E-state index in [1.54, 1.807) is 20.8 Å². The topological polar surface area (TPSA) is 826 Å². The van der Waals surface area contributed by atoms with Crippen molar-refractivity contribution in [1.82, 2.24) is 0 Å². The maximum absolute atomic E-state index is 13.0. The van der Waals surface area contributed by atoms with Crippen LogP contribution in [0.25, 0.3) is 0 Å². The first kappa shape index (κ1) is 111. The van der Waals surface area contributed by atoms with E-state index >= 15 is 0 Å². The number of halogens is 3. The van der Waals surface area contributed by atoms with E-state index in [1.165, 1.54) is 27.9 Å². The van der Waals surface area contributed by atoms with Crippen LogP contribution in [0.5, 0.6) is 0 Å². The summed E-state index contributed by atoms with van der Waals surface area (Å²) in [5.41, 5.74) is 0. The quantitative estimate of drug-likeness (QED) is 0.0198. The summed E-state index contributed by atoms with van der Waals surface area (Å²) in [6.07, 6.45) is -27.0. The number of rotatable bonds is 28. The van der Waals surface area contributed by atoms with Gasteiger partial charge in [0.1, 0.15) is 93.3 Å². The molecule has 3 unspecified atom stereocenters. The van der Waals surface area contributed by atoms with Crippen molar-refractivity contribution in [3.8, 4) is 0 Å². The molecule has 0 bridgehead atoms. The van der Waals surface area contributed by atoms with Gasteiger partial charge >= 0.3 is 165 Å². The number of hydrogen-bond donors (Lipinski definition) is 25. The number of aliphatic hydroxyl groups is 10. The van der Waals surface area contributed by atoms with E-state index in [1.807, 2.05) is 15.1 Å². The second-order valence-corrected chi connectivity index (χ2v) is 42.5. The zero-order valence-electron chi connectivity index (χ0n) is 58.5. The van der Waals surface area contributed by atoms with Crippen LogP contribution in [-0.4, -0.2) is 384 Å². The van der Waals surface area contributed by atoms with Crippen LogP contribution in [0.3, 0.4) is 0 Å². The van der Waals surface area contributed by atoms with Gasteiger partial charge in [-0.05, 0) is 34.6 Å². The minimum atomic E-state index is -5.05. The fraction of sp³-hybridized carbons (Fsp3) is 1.00. The molecule has 0 aromatic rings. The second-order valence-electron chi connectivity index (χ2n) is 23.9. The molecule has 658 valence electrons. The van der Waals surface area contributed by atoms with Crippen LogP contribution in [0.2, 0.25) is 0 Å². The second kappa shape index (κ2) is 47.3. The summed E-state index contributed by atoms with van der Waals surface area (Å²) in [6, 6.07) is -0.838. The third-order valence-corrected chi connectivity index (χ3v) is 27.5. The van der Waals surface area contributed by atoms with E-state index < -0.39 is 254 Å². The Morgan fingerprint density at radius 1 is 0.378 bits per heavy atom. The summed E-state index contributed by atoms with van der Waals surface area (Å²) in [7, 11) is -29.8. The van der Waals surface area contributed by atoms with E-state index in [2.05, 4.69) is 51.5 Å². The number of hydrogen-bond acceptors (Lipinski definition) is 38. The van der Waals surface area contributed by atoms with Crippen molar-refractivity contribution >= 4 is 134 Å². The average Bonchev–Trinajstić information content (AvgIpc) is 1.75. The molecular weight excluding hydrogens is 1890 g/mol. The molecular formula is C43H91B2BrClFO52P10Se. The number of methoxy groups -OCH3 is 1. The standard InChI is InChI=1S/C7H16O9P2.C6H13BO9P2.C6H12BO7P.C6H12BrO6P.C6H12ClO6P.C6H12FO6P.C6H14O9P2Se/c1-4-6(8)7(9)5(15-4)3-14-17(2,10)16-18(11,12)13;1-3-5(8)6(9)4(15-3)2-14-17(7,10)16-18(11,12)13;1-12-5-4(8)3(14-6(5)7)2-13-15(9,10)11;3*1-3-5(7)6(8)4(13-3)2-12-14(9,10)11;1-3-5(7)6(8)4(14-3)2-13-17(12,18)15-16(9,10)11/h4-9H,3H2,1-2H3,(H2,11,12,13);3-6,8-9H,2H2,1H3,(H2,11,12,13);3-6,8H,2H2,1H3,(H2,9,10,11);3*3-6,8H,2H2,1H3,(H2,9,10,11);3-8H,2H2,1H3,(H,12,18)(H2,9,10,11)/t4-,5+,6-,7+,17?;3-,4+,5-,6+,17?;3-,4-,5-,6-;3*3-,4+,5-,6+;3-,4+,5-,6+,17?/m0010000/s1. The minimum Gasteiger partial charge on any atom is -0.388 e. The van der Waals surface area contributed by atoms with Crippen molar-refractivity contribution in [2.75, 3.05) is 60.0 Å². The van der Waals surface area contributed by atoms with Crippen molar-refractivity contribution in [3.05, 3.63) is 0 Å². The van der Waals surface area contributed by atoms with Gasteiger partial charge in [0.05, 0.1) is 86.5 Å². The predicted molar refractivity (Wildman–Crippen MR) is 370 cm³/mol. The van der Waals surface area contributed by atoms with Gasteiger partial charge in [-0.2, -0.15) is 0 Å². The monoisotopic (exact) mass is 1980 g/mol. The SMILES string of the molecule is C[C@@H]1O[C@H](COP(=O)(O)O)[C@@H](O)[C@H]1Br.C[C@@H]1O[C@H](COP(=O)(O)O)[C@@H](O)[C@H]1Cl.C[C@@H]1O[C@H](COP(=O)(O)O)[C@@H](O)[C@H]1F.C[C@@H]1O[C@H](COP(C)(=O)OP(=O)(O)O)[C@@H](O)[C@H]1O.C[C@@H]1O[C@H](COP(O)(=[Se])OP(=O)(O)O)[C@@H](O)[C@H]1O.[B]P(=O)(OC[C@H]1O[C@@H](C)[C@H](O)[C@@H]1O)OP(=O)(O)O.[B][C@@H]1O[C@H](COP(=O)(O)O)[C@@H](O)[C@H]1OC. The summed E-state index contributed by atoms with van der Waals surface area (Å²) in [4.78, 5) is 127. The maximum atomic E-state index is 13.0. The minimum absolute atomic E-state index is 0.213. The van der Waals surface area contributed by atoms with Crippen molar-refractivity contribution in [3.63, 3.8) is 0 Å². The summed E-state index contributed by atoms with van der Waals surface area (Å²) in [5.74, 6) is 0. The molecule has 7 aliphatic rings. The Labute approximate surface area is 653 Å². The molecule has 0 saturated carbocycles. The van der Waals surface area contributed by atoms with Gasteiger partial charge in [-0.25, -0.2) is 40.4 Å². The Bertz CT molecular complexity index is 3020. The van der Waals surface area contributed by atoms with Crippen molar-refractivity contribution in [2.24, 2.45) is 0 Å². The number of alkyl halides is 3. The van der Waals surface area contributed by atoms with Crippen LogP contribution in [0, 0.1) is 0 Å². The smallest absolute Gasteiger partial charge is 0.388 e. The molecule has 52 nitrogen and oxygen atoms in total. The van der Waals surface area contributed by atoms with Gasteiger partial charge in [0.2, 0.25) is 7.57 Å². The van der Waals surface area contributed by atoms with Gasteiger partial charge in [0.15, 0.2) is 6.17 Å². The molecule has 7 heterocycles. The molecule has 0 aliphatic carbocycles. The molecule has 7 fully saturated rings. The Hall–Kier alpha value is 2.13. The van der Waals surface area contributed by atoms with Crippen molar-refractivity contribution in [1.29, 1.82) is 0 Å². The third kappa shape index (κ3) is 43.8. The van der Waals surface area contributed by atoms with Crippen LogP contribution < -0.4 is 0 Å². The van der Waals surface area contributed by atoms with Gasteiger partial charge in [0.25, 0.3) is 7.47 Å². The number of phosphoric ester groups is 4. The molecule has 4 radical (unpaired) electrons. The summed E-state index contributed by atoms with van der Waals surface area (Å²) in [6.45, 7) is 7.27. The predicted octanol–water partition coefficient (Wildman–Crippen LogP) is -5.39. The summed E-state index contributed by atoms with van der Waals surface area (Å²) < 4.78 is 192. The Morgan fingerprint density at radius 2 is 0.667 bits per heavy atom. The van der Waals surface area contributed by atoms with Crippen LogP contribution in [0.1, 0.15) is 41.5 Å². The van der Waals surface area contributed by atoms with Crippen LogP contribution in [0.4, 0.5) is 4.39 Å². The van der Waals surface area contributed by atoms with Gasteiger partial charge in [-0.3, -0.25) is 27.2 Å². The molecule has 7 rings (SSSR count). The molecule has 25 N–H and O–H groups in total. The molecule has 111 heavy (non-hydrogen) atoms. The van der Waals surface area contributed by atoms with Crippen LogP contribution in [0.15, 0.2) is 0 Å². The molecule has 0 aromatic heterocycles. The first-order valence-electron chi connectivity index (χ1n) is 30.8. The maximum Gasteiger partial charge on any atom is 0.476 e. The first-order valence-corrected chi connectivity index (χ1v) is 50.2. The van der Waals surface area contributed by atoms with E-state index in [-0.39, 0.29) is 36.9 Å². The molecule has 68 heteroatoms. The molecule has 7 saturated heterocycles. The Balaban J connectivity index is 0.000000649. The molecule has 0 amide bonds. The fourth-order valence-electron chi connectivity index (χ4n) is 9.33. The molecule has 0 spiro atoms. The zero-order valence-corrected chi connectivity index (χ0v) is 71.5. The molecule has 0 aromatic carbocycles. The van der Waals surface area contributed by atoms with Crippen molar-refractivity contribution in [2.45, 2.75) is 210 Å². The number of phosphoric acid groups is 7. The normalized spacial score (nSPS) is 37.5. The molecule has 31 atom stereocenters. The Kier molecular flexibility index (Phi) is 47.3. The van der Waals surface area contributed by atoms with E-state index in [0.29, 0.717) is 0 Å². The zero-order chi connectivity index (χ0) is 86.8. The first-order chi connectivity index (χ1) is 49.8. The third-order valence-electron chi connectivity index (χ3n) is 14.7. The largest absolute Gasteiger partial charge is 0.476 e. The average molecular weight is 1980 g/mol. The van der Waals surface area contributed by atoms with Gasteiger partial charge in [0, 0.05) is 19.8 Å². The van der Waals surface area contributed by atoms with Crippen LogP contribution >= 0.6 is 104 Å².